The lowest BCUT2D eigenvalue weighted by Crippen LogP contribution is -2.24. The van der Waals surface area contributed by atoms with E-state index in [1.165, 1.54) is 30.9 Å². The van der Waals surface area contributed by atoms with Crippen LogP contribution in [0, 0.1) is 11.8 Å². The minimum Gasteiger partial charge on any atom is -0.478 e. The Hall–Kier alpha value is -1.05. The summed E-state index contributed by atoms with van der Waals surface area (Å²) in [5.74, 6) is 0.394. The first-order valence-electron chi connectivity index (χ1n) is 5.33. The topological polar surface area (TPSA) is 37.3 Å². The van der Waals surface area contributed by atoms with Crippen LogP contribution in [0.3, 0.4) is 0 Å². The quantitative estimate of drug-likeness (QED) is 0.551. The predicted molar refractivity (Wildman–Crippen MR) is 54.9 cm³/mol. The van der Waals surface area contributed by atoms with Crippen molar-refractivity contribution in [3.05, 3.63) is 23.3 Å². The highest BCUT2D eigenvalue weighted by atomic mass is 16.4. The Morgan fingerprint density at radius 3 is 3.07 bits per heavy atom. The summed E-state index contributed by atoms with van der Waals surface area (Å²) in [6.45, 7) is 2.19. The molecule has 2 nitrogen and oxygen atoms in total. The van der Waals surface area contributed by atoms with Crippen LogP contribution in [-0.4, -0.2) is 11.1 Å². The van der Waals surface area contributed by atoms with Gasteiger partial charge in [-0.1, -0.05) is 30.6 Å². The first kappa shape index (κ1) is 9.50. The van der Waals surface area contributed by atoms with Gasteiger partial charge in [-0.2, -0.15) is 0 Å². The van der Waals surface area contributed by atoms with Crippen LogP contribution in [0.15, 0.2) is 23.3 Å². The Morgan fingerprint density at radius 1 is 1.64 bits per heavy atom. The van der Waals surface area contributed by atoms with Gasteiger partial charge >= 0.3 is 5.97 Å². The lowest BCUT2D eigenvalue weighted by Gasteiger charge is -2.33. The number of carboxylic acid groups (broad SMARTS) is 1. The van der Waals surface area contributed by atoms with Gasteiger partial charge in [0.1, 0.15) is 0 Å². The standard InChI is InChI=1S/C12H16O2/c1-2-3-8-4-9-6-10(7-12(13)14)11(9)5-8/h5,7,9,11H,2-4,6H2,1H3,(H,13,14)/t9-,11-/m0/s1. The number of allylic oxidation sites excluding steroid dienone is 3. The van der Waals surface area contributed by atoms with Crippen molar-refractivity contribution in [2.75, 3.05) is 0 Å². The minimum absolute atomic E-state index is 0.465. The summed E-state index contributed by atoms with van der Waals surface area (Å²) in [6, 6.07) is 0. The summed E-state index contributed by atoms with van der Waals surface area (Å²) in [5, 5.41) is 8.64. The van der Waals surface area contributed by atoms with Gasteiger partial charge in [-0.3, -0.25) is 0 Å². The average molecular weight is 192 g/mol. The maximum absolute atomic E-state index is 10.5. The maximum Gasteiger partial charge on any atom is 0.328 e. The summed E-state index contributed by atoms with van der Waals surface area (Å²) >= 11 is 0. The third-order valence-corrected chi connectivity index (χ3v) is 3.25. The second-order valence-electron chi connectivity index (χ2n) is 4.33. The van der Waals surface area contributed by atoms with Crippen molar-refractivity contribution in [2.24, 2.45) is 11.8 Å². The van der Waals surface area contributed by atoms with Gasteiger partial charge in [0.25, 0.3) is 0 Å². The van der Waals surface area contributed by atoms with Crippen molar-refractivity contribution in [2.45, 2.75) is 32.6 Å². The molecule has 14 heavy (non-hydrogen) atoms. The van der Waals surface area contributed by atoms with Crippen LogP contribution in [0.5, 0.6) is 0 Å². The Bertz CT molecular complexity index is 312. The van der Waals surface area contributed by atoms with Crippen molar-refractivity contribution in [3.63, 3.8) is 0 Å². The number of aliphatic carboxylic acids is 1. The molecule has 0 aromatic carbocycles. The van der Waals surface area contributed by atoms with E-state index in [0.29, 0.717) is 5.92 Å². The van der Waals surface area contributed by atoms with E-state index in [0.717, 1.165) is 17.9 Å². The summed E-state index contributed by atoms with van der Waals surface area (Å²) in [7, 11) is 0. The number of hydrogen-bond donors (Lipinski definition) is 1. The molecule has 2 aliphatic rings. The van der Waals surface area contributed by atoms with E-state index in [2.05, 4.69) is 13.0 Å². The summed E-state index contributed by atoms with van der Waals surface area (Å²) in [5.41, 5.74) is 2.66. The number of carbonyl (C=O) groups is 1. The molecule has 0 aromatic heterocycles. The molecule has 0 saturated heterocycles. The highest BCUT2D eigenvalue weighted by Gasteiger charge is 2.38. The molecule has 0 heterocycles. The molecule has 2 rings (SSSR count). The van der Waals surface area contributed by atoms with Gasteiger partial charge < -0.3 is 5.11 Å². The fourth-order valence-electron chi connectivity index (χ4n) is 2.63. The Morgan fingerprint density at radius 2 is 2.43 bits per heavy atom. The second-order valence-corrected chi connectivity index (χ2v) is 4.33. The van der Waals surface area contributed by atoms with Gasteiger partial charge in [0.2, 0.25) is 0 Å². The van der Waals surface area contributed by atoms with Crippen LogP contribution in [0.1, 0.15) is 32.6 Å². The monoisotopic (exact) mass is 192 g/mol. The van der Waals surface area contributed by atoms with Crippen molar-refractivity contribution < 1.29 is 9.90 Å². The molecule has 2 heteroatoms. The molecule has 1 saturated carbocycles. The zero-order chi connectivity index (χ0) is 10.1. The number of hydrogen-bond acceptors (Lipinski definition) is 1. The van der Waals surface area contributed by atoms with Gasteiger partial charge in [-0.15, -0.1) is 0 Å². The van der Waals surface area contributed by atoms with Gasteiger partial charge in [0, 0.05) is 12.0 Å². The zero-order valence-electron chi connectivity index (χ0n) is 8.49. The highest BCUT2D eigenvalue weighted by Crippen LogP contribution is 2.50. The lowest BCUT2D eigenvalue weighted by atomic mass is 9.71. The van der Waals surface area contributed by atoms with Crippen molar-refractivity contribution >= 4 is 5.97 Å². The van der Waals surface area contributed by atoms with E-state index in [4.69, 9.17) is 5.11 Å². The van der Waals surface area contributed by atoms with Crippen LogP contribution in [0.25, 0.3) is 0 Å². The molecule has 0 amide bonds. The summed E-state index contributed by atoms with van der Waals surface area (Å²) < 4.78 is 0. The summed E-state index contributed by atoms with van der Waals surface area (Å²) in [6.07, 6.45) is 8.28. The fourth-order valence-corrected chi connectivity index (χ4v) is 2.63. The maximum atomic E-state index is 10.5. The Balaban J connectivity index is 2.02. The Kier molecular flexibility index (Phi) is 2.44. The third kappa shape index (κ3) is 1.61. The third-order valence-electron chi connectivity index (χ3n) is 3.25. The van der Waals surface area contributed by atoms with E-state index >= 15 is 0 Å². The largest absolute Gasteiger partial charge is 0.478 e. The van der Waals surface area contributed by atoms with E-state index < -0.39 is 5.97 Å². The SMILES string of the molecule is CCCC1=C[C@@H]2C(=CC(=O)O)C[C@@H]2C1. The van der Waals surface area contributed by atoms with Gasteiger partial charge in [0.05, 0.1) is 0 Å². The van der Waals surface area contributed by atoms with Gasteiger partial charge in [-0.05, 0) is 25.2 Å². The molecule has 0 unspecified atom stereocenters. The van der Waals surface area contributed by atoms with Crippen molar-refractivity contribution in [3.8, 4) is 0 Å². The van der Waals surface area contributed by atoms with Crippen LogP contribution in [-0.2, 0) is 4.79 Å². The molecule has 0 radical (unpaired) electrons. The molecule has 2 atom stereocenters. The molecule has 0 aliphatic heterocycles. The smallest absolute Gasteiger partial charge is 0.328 e. The van der Waals surface area contributed by atoms with Gasteiger partial charge in [-0.25, -0.2) is 4.79 Å². The first-order valence-corrected chi connectivity index (χ1v) is 5.33. The molecule has 76 valence electrons. The molecule has 1 N–H and O–H groups in total. The van der Waals surface area contributed by atoms with Gasteiger partial charge in [0.15, 0.2) is 0 Å². The predicted octanol–water partition coefficient (Wildman–Crippen LogP) is 2.76. The van der Waals surface area contributed by atoms with Crippen LogP contribution in [0.4, 0.5) is 0 Å². The Labute approximate surface area is 84.3 Å². The van der Waals surface area contributed by atoms with Crippen molar-refractivity contribution in [1.82, 2.24) is 0 Å². The fraction of sp³-hybridized carbons (Fsp3) is 0.583. The zero-order valence-corrected chi connectivity index (χ0v) is 8.49. The van der Waals surface area contributed by atoms with E-state index in [9.17, 15) is 4.79 Å². The molecule has 1 fully saturated rings. The molecule has 0 bridgehead atoms. The highest BCUT2D eigenvalue weighted by molar-refractivity contribution is 5.81. The summed E-state index contributed by atoms with van der Waals surface area (Å²) in [4.78, 5) is 10.5. The minimum atomic E-state index is -0.796. The lowest BCUT2D eigenvalue weighted by molar-refractivity contribution is -0.131. The normalized spacial score (nSPS) is 32.4. The molecule has 0 aromatic rings. The number of fused-ring (bicyclic) bond motifs is 1. The van der Waals surface area contributed by atoms with Crippen LogP contribution < -0.4 is 0 Å². The molecular weight excluding hydrogens is 176 g/mol. The molecular formula is C12H16O2. The molecule has 0 spiro atoms. The van der Waals surface area contributed by atoms with E-state index in [-0.39, 0.29) is 0 Å². The second kappa shape index (κ2) is 3.60. The van der Waals surface area contributed by atoms with E-state index in [1.54, 1.807) is 0 Å². The number of carboxylic acids is 1. The molecule has 2 aliphatic carbocycles. The first-order chi connectivity index (χ1) is 6.70. The number of rotatable bonds is 3. The van der Waals surface area contributed by atoms with Crippen LogP contribution >= 0.6 is 0 Å². The van der Waals surface area contributed by atoms with Crippen molar-refractivity contribution in [1.29, 1.82) is 0 Å². The van der Waals surface area contributed by atoms with E-state index in [1.807, 2.05) is 0 Å². The average Bonchev–Trinajstić information content (AvgIpc) is 2.41. The van der Waals surface area contributed by atoms with Crippen LogP contribution in [0.2, 0.25) is 0 Å².